The molecule has 3 heteroatoms. The first-order valence-electron chi connectivity index (χ1n) is 6.13. The summed E-state index contributed by atoms with van der Waals surface area (Å²) in [4.78, 5) is 11.1. The largest absolute Gasteiger partial charge is 0.469 e. The minimum atomic E-state index is -0.196. The fourth-order valence-corrected chi connectivity index (χ4v) is 2.00. The SMILES string of the molecule is COC(=O)CCC(N)c1cccc(C2CC2)c1. The number of benzene rings is 1. The summed E-state index contributed by atoms with van der Waals surface area (Å²) < 4.78 is 4.61. The Bertz CT molecular complexity index is 399. The van der Waals surface area contributed by atoms with Gasteiger partial charge in [0.2, 0.25) is 0 Å². The molecule has 0 spiro atoms. The van der Waals surface area contributed by atoms with Crippen molar-refractivity contribution >= 4 is 5.97 Å². The molecule has 1 aromatic rings. The first kappa shape index (κ1) is 12.1. The normalized spacial score (nSPS) is 16.6. The molecule has 0 aromatic heterocycles. The summed E-state index contributed by atoms with van der Waals surface area (Å²) in [5.41, 5.74) is 8.59. The number of ether oxygens (including phenoxy) is 1. The first-order valence-corrected chi connectivity index (χ1v) is 6.13. The topological polar surface area (TPSA) is 52.3 Å². The lowest BCUT2D eigenvalue weighted by molar-refractivity contribution is -0.140. The zero-order valence-corrected chi connectivity index (χ0v) is 10.2. The summed E-state index contributed by atoms with van der Waals surface area (Å²) in [5, 5.41) is 0. The van der Waals surface area contributed by atoms with Crippen LogP contribution >= 0.6 is 0 Å². The maximum Gasteiger partial charge on any atom is 0.305 e. The van der Waals surface area contributed by atoms with Gasteiger partial charge in [0.15, 0.2) is 0 Å². The van der Waals surface area contributed by atoms with E-state index in [0.29, 0.717) is 12.8 Å². The highest BCUT2D eigenvalue weighted by Crippen LogP contribution is 2.40. The molecule has 0 amide bonds. The molecule has 1 aliphatic carbocycles. The molecule has 0 radical (unpaired) electrons. The molecule has 1 aromatic carbocycles. The lowest BCUT2D eigenvalue weighted by atomic mass is 9.99. The molecule has 1 atom stereocenters. The standard InChI is InChI=1S/C14H19NO2/c1-17-14(16)8-7-13(15)12-4-2-3-11(9-12)10-5-6-10/h2-4,9-10,13H,5-8,15H2,1H3. The first-order chi connectivity index (χ1) is 8.20. The van der Waals surface area contributed by atoms with Crippen LogP contribution in [0.2, 0.25) is 0 Å². The Labute approximate surface area is 102 Å². The van der Waals surface area contributed by atoms with Crippen LogP contribution in [0.5, 0.6) is 0 Å². The average Bonchev–Trinajstić information content (AvgIpc) is 3.20. The van der Waals surface area contributed by atoms with E-state index in [9.17, 15) is 4.79 Å². The third kappa shape index (κ3) is 3.30. The zero-order valence-electron chi connectivity index (χ0n) is 10.2. The lowest BCUT2D eigenvalue weighted by Crippen LogP contribution is -2.13. The Morgan fingerprint density at radius 3 is 2.94 bits per heavy atom. The Morgan fingerprint density at radius 1 is 1.53 bits per heavy atom. The van der Waals surface area contributed by atoms with Crippen LogP contribution < -0.4 is 5.73 Å². The second-order valence-electron chi connectivity index (χ2n) is 4.67. The quantitative estimate of drug-likeness (QED) is 0.795. The van der Waals surface area contributed by atoms with Gasteiger partial charge in [-0.25, -0.2) is 0 Å². The van der Waals surface area contributed by atoms with E-state index in [1.807, 2.05) is 6.07 Å². The highest BCUT2D eigenvalue weighted by molar-refractivity contribution is 5.69. The Morgan fingerprint density at radius 2 is 2.29 bits per heavy atom. The van der Waals surface area contributed by atoms with Gasteiger partial charge in [0, 0.05) is 12.5 Å². The Hall–Kier alpha value is -1.35. The number of methoxy groups -OCH3 is 1. The molecule has 1 fully saturated rings. The van der Waals surface area contributed by atoms with Gasteiger partial charge in [-0.3, -0.25) is 4.79 Å². The van der Waals surface area contributed by atoms with E-state index >= 15 is 0 Å². The predicted octanol–water partition coefficient (Wildman–Crippen LogP) is 2.52. The molecular formula is C14H19NO2. The fraction of sp³-hybridized carbons (Fsp3) is 0.500. The second-order valence-corrected chi connectivity index (χ2v) is 4.67. The zero-order chi connectivity index (χ0) is 12.3. The van der Waals surface area contributed by atoms with Crippen molar-refractivity contribution < 1.29 is 9.53 Å². The number of hydrogen-bond acceptors (Lipinski definition) is 3. The van der Waals surface area contributed by atoms with E-state index < -0.39 is 0 Å². The van der Waals surface area contributed by atoms with E-state index in [1.54, 1.807) is 0 Å². The summed E-state index contributed by atoms with van der Waals surface area (Å²) in [7, 11) is 1.40. The van der Waals surface area contributed by atoms with Crippen molar-refractivity contribution in [2.24, 2.45) is 5.73 Å². The highest BCUT2D eigenvalue weighted by Gasteiger charge is 2.23. The number of hydrogen-bond donors (Lipinski definition) is 1. The van der Waals surface area contributed by atoms with Crippen LogP contribution in [0.1, 0.15) is 48.8 Å². The maximum absolute atomic E-state index is 11.1. The van der Waals surface area contributed by atoms with Crippen LogP contribution in [0.3, 0.4) is 0 Å². The molecule has 3 nitrogen and oxygen atoms in total. The summed E-state index contributed by atoms with van der Waals surface area (Å²) in [6.07, 6.45) is 3.60. The van der Waals surface area contributed by atoms with Gasteiger partial charge in [0.05, 0.1) is 7.11 Å². The minimum Gasteiger partial charge on any atom is -0.469 e. The van der Waals surface area contributed by atoms with Gasteiger partial charge in [0.1, 0.15) is 0 Å². The van der Waals surface area contributed by atoms with Gasteiger partial charge < -0.3 is 10.5 Å². The molecule has 17 heavy (non-hydrogen) atoms. The molecule has 2 rings (SSSR count). The summed E-state index contributed by atoms with van der Waals surface area (Å²) in [5.74, 6) is 0.543. The molecule has 1 saturated carbocycles. The van der Waals surface area contributed by atoms with Gasteiger partial charge in [-0.1, -0.05) is 24.3 Å². The van der Waals surface area contributed by atoms with Crippen molar-refractivity contribution in [2.75, 3.05) is 7.11 Å². The third-order valence-electron chi connectivity index (χ3n) is 3.27. The van der Waals surface area contributed by atoms with Crippen LogP contribution in [-0.2, 0) is 9.53 Å². The van der Waals surface area contributed by atoms with E-state index in [1.165, 1.54) is 25.5 Å². The molecule has 1 aliphatic rings. The van der Waals surface area contributed by atoms with Gasteiger partial charge in [0.25, 0.3) is 0 Å². The van der Waals surface area contributed by atoms with Gasteiger partial charge in [-0.2, -0.15) is 0 Å². The fourth-order valence-electron chi connectivity index (χ4n) is 2.00. The molecule has 0 aliphatic heterocycles. The van der Waals surface area contributed by atoms with E-state index in [-0.39, 0.29) is 12.0 Å². The Balaban J connectivity index is 1.95. The molecule has 1 unspecified atom stereocenters. The van der Waals surface area contributed by atoms with Crippen LogP contribution in [0.25, 0.3) is 0 Å². The molecule has 0 heterocycles. The van der Waals surface area contributed by atoms with Crippen molar-refractivity contribution in [3.63, 3.8) is 0 Å². The summed E-state index contributed by atoms with van der Waals surface area (Å²) in [6, 6.07) is 8.36. The Kier molecular flexibility index (Phi) is 3.79. The number of esters is 1. The highest BCUT2D eigenvalue weighted by atomic mass is 16.5. The van der Waals surface area contributed by atoms with E-state index in [2.05, 4.69) is 22.9 Å². The van der Waals surface area contributed by atoms with Gasteiger partial charge >= 0.3 is 5.97 Å². The van der Waals surface area contributed by atoms with Crippen LogP contribution in [0.4, 0.5) is 0 Å². The van der Waals surface area contributed by atoms with Crippen LogP contribution in [0, 0.1) is 0 Å². The summed E-state index contributed by atoms with van der Waals surface area (Å²) in [6.45, 7) is 0. The molecule has 92 valence electrons. The number of nitrogens with two attached hydrogens (primary N) is 1. The third-order valence-corrected chi connectivity index (χ3v) is 3.27. The van der Waals surface area contributed by atoms with Crippen LogP contribution in [0.15, 0.2) is 24.3 Å². The number of rotatable bonds is 5. The number of carbonyl (C=O) groups excluding carboxylic acids is 1. The second kappa shape index (κ2) is 5.32. The monoisotopic (exact) mass is 233 g/mol. The van der Waals surface area contributed by atoms with E-state index in [0.717, 1.165) is 11.5 Å². The summed E-state index contributed by atoms with van der Waals surface area (Å²) >= 11 is 0. The van der Waals surface area contributed by atoms with Crippen molar-refractivity contribution in [3.05, 3.63) is 35.4 Å². The van der Waals surface area contributed by atoms with Crippen molar-refractivity contribution in [2.45, 2.75) is 37.6 Å². The van der Waals surface area contributed by atoms with E-state index in [4.69, 9.17) is 5.73 Å². The van der Waals surface area contributed by atoms with Gasteiger partial charge in [-0.15, -0.1) is 0 Å². The molecule has 0 bridgehead atoms. The maximum atomic E-state index is 11.1. The molecule has 2 N–H and O–H groups in total. The average molecular weight is 233 g/mol. The molecular weight excluding hydrogens is 214 g/mol. The van der Waals surface area contributed by atoms with Gasteiger partial charge in [-0.05, 0) is 36.3 Å². The van der Waals surface area contributed by atoms with Crippen molar-refractivity contribution in [1.29, 1.82) is 0 Å². The van der Waals surface area contributed by atoms with Crippen molar-refractivity contribution in [3.8, 4) is 0 Å². The number of carbonyl (C=O) groups is 1. The van der Waals surface area contributed by atoms with Crippen LogP contribution in [-0.4, -0.2) is 13.1 Å². The minimum absolute atomic E-state index is 0.0761. The predicted molar refractivity (Wildman–Crippen MR) is 66.6 cm³/mol. The smallest absolute Gasteiger partial charge is 0.305 e. The lowest BCUT2D eigenvalue weighted by Gasteiger charge is -2.12. The molecule has 0 saturated heterocycles. The van der Waals surface area contributed by atoms with Crippen molar-refractivity contribution in [1.82, 2.24) is 0 Å².